The molecular formula is C11H12FN3O2. The Bertz CT molecular complexity index is 462. The largest absolute Gasteiger partial charge is 0.478 e. The number of guanidine groups is 1. The van der Waals surface area contributed by atoms with Crippen LogP contribution in [0.5, 0.6) is 0 Å². The number of hydrogen-bond donors (Lipinski definition) is 3. The molecule has 6 heteroatoms. The average Bonchev–Trinajstić information content (AvgIpc) is 2.32. The Morgan fingerprint density at radius 2 is 2.41 bits per heavy atom. The molecule has 0 aromatic heterocycles. The molecule has 0 radical (unpaired) electrons. The van der Waals surface area contributed by atoms with Gasteiger partial charge >= 0.3 is 5.97 Å². The Kier molecular flexibility index (Phi) is 3.22. The Hall–Kier alpha value is -2.11. The summed E-state index contributed by atoms with van der Waals surface area (Å²) in [5.41, 5.74) is 0.795. The van der Waals surface area contributed by atoms with E-state index in [4.69, 9.17) is 5.11 Å². The summed E-state index contributed by atoms with van der Waals surface area (Å²) in [6.45, 7) is 0.332. The van der Waals surface area contributed by atoms with Crippen molar-refractivity contribution in [2.24, 2.45) is 4.99 Å². The van der Waals surface area contributed by atoms with E-state index in [1.807, 2.05) is 0 Å². The zero-order valence-electron chi connectivity index (χ0n) is 8.98. The molecule has 1 aliphatic heterocycles. The zero-order valence-corrected chi connectivity index (χ0v) is 8.98. The van der Waals surface area contributed by atoms with Crippen molar-refractivity contribution < 1.29 is 14.3 Å². The number of hydrogen-bond acceptors (Lipinski definition) is 4. The topological polar surface area (TPSA) is 73.7 Å². The SMILES string of the molecule is O=C(O)c1cccc(NC2=NCC(F)CN2)c1. The van der Waals surface area contributed by atoms with Gasteiger partial charge in [0.15, 0.2) is 5.96 Å². The molecule has 1 unspecified atom stereocenters. The molecule has 1 aliphatic rings. The van der Waals surface area contributed by atoms with Gasteiger partial charge in [0.2, 0.25) is 0 Å². The van der Waals surface area contributed by atoms with Crippen LogP contribution < -0.4 is 10.6 Å². The highest BCUT2D eigenvalue weighted by Crippen LogP contribution is 2.11. The number of aliphatic imine (C=N–C) groups is 1. The van der Waals surface area contributed by atoms with Gasteiger partial charge in [-0.25, -0.2) is 14.2 Å². The third kappa shape index (κ3) is 2.93. The molecule has 0 fully saturated rings. The molecule has 1 aromatic rings. The number of anilines is 1. The van der Waals surface area contributed by atoms with Crippen LogP contribution in [0.25, 0.3) is 0 Å². The van der Waals surface area contributed by atoms with E-state index in [9.17, 15) is 9.18 Å². The van der Waals surface area contributed by atoms with E-state index in [-0.39, 0.29) is 18.7 Å². The van der Waals surface area contributed by atoms with Gasteiger partial charge in [0.1, 0.15) is 6.17 Å². The quantitative estimate of drug-likeness (QED) is 0.720. The minimum atomic E-state index is -0.990. The van der Waals surface area contributed by atoms with Crippen molar-refractivity contribution in [2.75, 3.05) is 18.4 Å². The first-order chi connectivity index (χ1) is 8.15. The Morgan fingerprint density at radius 3 is 3.06 bits per heavy atom. The van der Waals surface area contributed by atoms with E-state index < -0.39 is 12.1 Å². The second-order valence-corrected chi connectivity index (χ2v) is 3.68. The molecule has 1 atom stereocenters. The standard InChI is InChI=1S/C11H12FN3O2/c12-8-5-13-11(14-6-8)15-9-3-1-2-7(4-9)10(16)17/h1-4,8H,5-6H2,(H,16,17)(H2,13,14,15). The molecule has 17 heavy (non-hydrogen) atoms. The van der Waals surface area contributed by atoms with Gasteiger partial charge in [-0.2, -0.15) is 0 Å². The van der Waals surface area contributed by atoms with Crippen molar-refractivity contribution in [2.45, 2.75) is 6.17 Å². The van der Waals surface area contributed by atoms with Crippen LogP contribution in [-0.4, -0.2) is 36.3 Å². The van der Waals surface area contributed by atoms with Gasteiger partial charge < -0.3 is 15.7 Å². The lowest BCUT2D eigenvalue weighted by atomic mass is 10.2. The summed E-state index contributed by atoms with van der Waals surface area (Å²) in [6.07, 6.45) is -0.967. The maximum atomic E-state index is 12.8. The van der Waals surface area contributed by atoms with Crippen LogP contribution in [0.2, 0.25) is 0 Å². The maximum absolute atomic E-state index is 12.8. The number of aromatic carboxylic acids is 1. The van der Waals surface area contributed by atoms with Crippen LogP contribution in [0, 0.1) is 0 Å². The maximum Gasteiger partial charge on any atom is 0.335 e. The van der Waals surface area contributed by atoms with Gasteiger partial charge in [-0.15, -0.1) is 0 Å². The van der Waals surface area contributed by atoms with Crippen molar-refractivity contribution >= 4 is 17.6 Å². The summed E-state index contributed by atoms with van der Waals surface area (Å²) in [6, 6.07) is 6.35. The average molecular weight is 237 g/mol. The lowest BCUT2D eigenvalue weighted by molar-refractivity contribution is 0.0697. The molecule has 0 saturated carbocycles. The molecular weight excluding hydrogens is 225 g/mol. The summed E-state index contributed by atoms with van der Waals surface area (Å²) in [5, 5.41) is 14.5. The lowest BCUT2D eigenvalue weighted by Crippen LogP contribution is -2.40. The van der Waals surface area contributed by atoms with Crippen molar-refractivity contribution in [3.8, 4) is 0 Å². The molecule has 90 valence electrons. The van der Waals surface area contributed by atoms with Gasteiger partial charge in [0.05, 0.1) is 18.7 Å². The monoisotopic (exact) mass is 237 g/mol. The molecule has 0 amide bonds. The first kappa shape index (κ1) is 11.4. The second kappa shape index (κ2) is 4.82. The fourth-order valence-corrected chi connectivity index (χ4v) is 1.47. The lowest BCUT2D eigenvalue weighted by Gasteiger charge is -2.18. The highest BCUT2D eigenvalue weighted by molar-refractivity contribution is 5.96. The van der Waals surface area contributed by atoms with Gasteiger partial charge in [-0.3, -0.25) is 0 Å². The van der Waals surface area contributed by atoms with Crippen LogP contribution in [0.4, 0.5) is 10.1 Å². The smallest absolute Gasteiger partial charge is 0.335 e. The normalized spacial score (nSPS) is 19.1. The van der Waals surface area contributed by atoms with Crippen molar-refractivity contribution in [3.05, 3.63) is 29.8 Å². The molecule has 0 spiro atoms. The minimum Gasteiger partial charge on any atom is -0.478 e. The molecule has 0 bridgehead atoms. The Labute approximate surface area is 97.4 Å². The van der Waals surface area contributed by atoms with Crippen molar-refractivity contribution in [1.82, 2.24) is 5.32 Å². The van der Waals surface area contributed by atoms with E-state index >= 15 is 0 Å². The fourth-order valence-electron chi connectivity index (χ4n) is 1.47. The van der Waals surface area contributed by atoms with Gasteiger partial charge in [0.25, 0.3) is 0 Å². The first-order valence-electron chi connectivity index (χ1n) is 5.18. The Balaban J connectivity index is 2.08. The third-order valence-corrected chi connectivity index (χ3v) is 2.31. The van der Waals surface area contributed by atoms with Crippen LogP contribution >= 0.6 is 0 Å². The number of carboxylic acid groups (broad SMARTS) is 1. The van der Waals surface area contributed by atoms with Crippen molar-refractivity contribution in [3.63, 3.8) is 0 Å². The second-order valence-electron chi connectivity index (χ2n) is 3.68. The number of benzene rings is 1. The van der Waals surface area contributed by atoms with E-state index in [0.29, 0.717) is 11.6 Å². The van der Waals surface area contributed by atoms with Gasteiger partial charge in [0, 0.05) is 5.69 Å². The van der Waals surface area contributed by atoms with E-state index in [2.05, 4.69) is 15.6 Å². The minimum absolute atomic E-state index is 0.119. The highest BCUT2D eigenvalue weighted by Gasteiger charge is 2.13. The number of halogens is 1. The molecule has 0 aliphatic carbocycles. The number of alkyl halides is 1. The molecule has 1 aromatic carbocycles. The third-order valence-electron chi connectivity index (χ3n) is 2.31. The first-order valence-corrected chi connectivity index (χ1v) is 5.18. The van der Waals surface area contributed by atoms with E-state index in [0.717, 1.165) is 0 Å². The number of rotatable bonds is 2. The summed E-state index contributed by atoms with van der Waals surface area (Å²) in [7, 11) is 0. The molecule has 3 N–H and O–H groups in total. The number of carbonyl (C=O) groups is 1. The summed E-state index contributed by atoms with van der Waals surface area (Å²) in [4.78, 5) is 14.7. The molecule has 2 rings (SSSR count). The molecule has 1 heterocycles. The van der Waals surface area contributed by atoms with Crippen LogP contribution in [0.1, 0.15) is 10.4 Å². The van der Waals surface area contributed by atoms with Crippen molar-refractivity contribution in [1.29, 1.82) is 0 Å². The predicted octanol–water partition coefficient (Wildman–Crippen LogP) is 1.09. The van der Waals surface area contributed by atoms with Crippen LogP contribution in [-0.2, 0) is 0 Å². The molecule has 0 saturated heterocycles. The molecule has 5 nitrogen and oxygen atoms in total. The highest BCUT2D eigenvalue weighted by atomic mass is 19.1. The van der Waals surface area contributed by atoms with Crippen LogP contribution in [0.15, 0.2) is 29.3 Å². The van der Waals surface area contributed by atoms with Crippen LogP contribution in [0.3, 0.4) is 0 Å². The summed E-state index contributed by atoms with van der Waals surface area (Å²) in [5.74, 6) is -0.530. The fraction of sp³-hybridized carbons (Fsp3) is 0.273. The zero-order chi connectivity index (χ0) is 12.3. The number of nitrogens with one attached hydrogen (secondary N) is 2. The predicted molar refractivity (Wildman–Crippen MR) is 62.2 cm³/mol. The van der Waals surface area contributed by atoms with Gasteiger partial charge in [-0.05, 0) is 18.2 Å². The van der Waals surface area contributed by atoms with E-state index in [1.165, 1.54) is 12.1 Å². The number of nitrogens with zero attached hydrogens (tertiary/aromatic N) is 1. The van der Waals surface area contributed by atoms with Gasteiger partial charge in [-0.1, -0.05) is 6.07 Å². The summed E-state index contributed by atoms with van der Waals surface area (Å²) >= 11 is 0. The summed E-state index contributed by atoms with van der Waals surface area (Å²) < 4.78 is 12.8. The Morgan fingerprint density at radius 1 is 1.59 bits per heavy atom. The van der Waals surface area contributed by atoms with E-state index in [1.54, 1.807) is 12.1 Å². The number of carboxylic acids is 1.